The smallest absolute Gasteiger partial charge is 0.410 e. The molecular formula is C13H18BrNO3S. The number of amides is 1. The second kappa shape index (κ2) is 5.81. The van der Waals surface area contributed by atoms with Gasteiger partial charge in [0.25, 0.3) is 0 Å². The first-order valence-corrected chi connectivity index (χ1v) is 7.80. The zero-order valence-corrected chi connectivity index (χ0v) is 13.7. The molecule has 2 heterocycles. The van der Waals surface area contributed by atoms with Crippen LogP contribution in [-0.2, 0) is 9.47 Å². The molecule has 0 aliphatic carbocycles. The number of hydrogen-bond donors (Lipinski definition) is 0. The number of nitrogens with zero attached hydrogens (tertiary/aromatic N) is 1. The molecule has 6 heteroatoms. The third-order valence-corrected chi connectivity index (χ3v) is 4.40. The van der Waals surface area contributed by atoms with Gasteiger partial charge in [-0.2, -0.15) is 0 Å². The number of thiophene rings is 1. The molecule has 0 spiro atoms. The summed E-state index contributed by atoms with van der Waals surface area (Å²) in [5.74, 6) is 0. The molecule has 1 fully saturated rings. The molecule has 0 bridgehead atoms. The fourth-order valence-corrected chi connectivity index (χ4v) is 3.41. The molecule has 1 aromatic heterocycles. The molecule has 106 valence electrons. The van der Waals surface area contributed by atoms with E-state index in [1.807, 2.05) is 32.9 Å². The lowest BCUT2D eigenvalue weighted by atomic mass is 10.2. The Morgan fingerprint density at radius 3 is 2.84 bits per heavy atom. The molecule has 4 nitrogen and oxygen atoms in total. The lowest BCUT2D eigenvalue weighted by Crippen LogP contribution is -2.45. The molecule has 1 aromatic rings. The molecular weight excluding hydrogens is 330 g/mol. The molecule has 0 N–H and O–H groups in total. The van der Waals surface area contributed by atoms with Crippen molar-refractivity contribution in [3.05, 3.63) is 20.8 Å². The SMILES string of the molecule is CC(C)(C)OC(=O)N1CCOCC1c1ccc(Br)s1. The van der Waals surface area contributed by atoms with Gasteiger partial charge in [0.15, 0.2) is 0 Å². The Kier molecular flexibility index (Phi) is 4.53. The Hall–Kier alpha value is -0.590. The van der Waals surface area contributed by atoms with Crippen molar-refractivity contribution >= 4 is 33.4 Å². The van der Waals surface area contributed by atoms with Crippen LogP contribution in [0, 0.1) is 0 Å². The molecule has 1 saturated heterocycles. The van der Waals surface area contributed by atoms with Crippen molar-refractivity contribution in [2.75, 3.05) is 19.8 Å². The summed E-state index contributed by atoms with van der Waals surface area (Å²) >= 11 is 5.07. The van der Waals surface area contributed by atoms with Gasteiger partial charge < -0.3 is 9.47 Å². The van der Waals surface area contributed by atoms with Gasteiger partial charge in [0.1, 0.15) is 5.60 Å². The highest BCUT2D eigenvalue weighted by atomic mass is 79.9. The number of morpholine rings is 1. The summed E-state index contributed by atoms with van der Waals surface area (Å²) in [6, 6.07) is 3.95. The fraction of sp³-hybridized carbons (Fsp3) is 0.615. The van der Waals surface area contributed by atoms with E-state index in [0.717, 1.165) is 8.66 Å². The second-order valence-electron chi connectivity index (χ2n) is 5.41. The molecule has 1 atom stereocenters. The predicted molar refractivity (Wildman–Crippen MR) is 78.5 cm³/mol. The van der Waals surface area contributed by atoms with E-state index >= 15 is 0 Å². The monoisotopic (exact) mass is 347 g/mol. The molecule has 1 amide bonds. The van der Waals surface area contributed by atoms with Gasteiger partial charge in [-0.25, -0.2) is 4.79 Å². The van der Waals surface area contributed by atoms with Gasteiger partial charge >= 0.3 is 6.09 Å². The van der Waals surface area contributed by atoms with Crippen LogP contribution in [0.5, 0.6) is 0 Å². The average Bonchev–Trinajstić information content (AvgIpc) is 2.73. The highest BCUT2D eigenvalue weighted by Crippen LogP contribution is 2.33. The standard InChI is InChI=1S/C13H18BrNO3S/c1-13(2,3)18-12(16)15-6-7-17-8-9(15)10-4-5-11(14)19-10/h4-5,9H,6-8H2,1-3H3. The maximum Gasteiger partial charge on any atom is 0.410 e. The van der Waals surface area contributed by atoms with Crippen LogP contribution in [-0.4, -0.2) is 36.4 Å². The summed E-state index contributed by atoms with van der Waals surface area (Å²) in [4.78, 5) is 15.1. The fourth-order valence-electron chi connectivity index (χ4n) is 1.89. The van der Waals surface area contributed by atoms with Crippen molar-refractivity contribution in [2.24, 2.45) is 0 Å². The summed E-state index contributed by atoms with van der Waals surface area (Å²) in [6.07, 6.45) is -0.273. The van der Waals surface area contributed by atoms with Crippen LogP contribution < -0.4 is 0 Å². The van der Waals surface area contributed by atoms with E-state index in [2.05, 4.69) is 15.9 Å². The number of halogens is 1. The Morgan fingerprint density at radius 1 is 1.53 bits per heavy atom. The maximum atomic E-state index is 12.2. The highest BCUT2D eigenvalue weighted by Gasteiger charge is 2.32. The average molecular weight is 348 g/mol. The summed E-state index contributed by atoms with van der Waals surface area (Å²) < 4.78 is 12.0. The van der Waals surface area contributed by atoms with Crippen LogP contribution in [0.25, 0.3) is 0 Å². The first-order chi connectivity index (χ1) is 8.87. The molecule has 2 rings (SSSR count). The van der Waals surface area contributed by atoms with Gasteiger partial charge in [0, 0.05) is 11.4 Å². The normalized spacial score (nSPS) is 20.4. The van der Waals surface area contributed by atoms with E-state index in [1.54, 1.807) is 16.2 Å². The van der Waals surface area contributed by atoms with Crippen LogP contribution in [0.4, 0.5) is 4.79 Å². The molecule has 1 aliphatic heterocycles. The van der Waals surface area contributed by atoms with Crippen molar-refractivity contribution in [3.8, 4) is 0 Å². The lowest BCUT2D eigenvalue weighted by molar-refractivity contribution is -0.0322. The van der Waals surface area contributed by atoms with Crippen molar-refractivity contribution in [3.63, 3.8) is 0 Å². The number of carbonyl (C=O) groups is 1. The molecule has 0 radical (unpaired) electrons. The Balaban J connectivity index is 2.14. The molecule has 1 unspecified atom stereocenters. The summed E-state index contributed by atoms with van der Waals surface area (Å²) in [5, 5.41) is 0. The zero-order chi connectivity index (χ0) is 14.0. The largest absolute Gasteiger partial charge is 0.444 e. The summed E-state index contributed by atoms with van der Waals surface area (Å²) in [7, 11) is 0. The van der Waals surface area contributed by atoms with Gasteiger partial charge in [0.2, 0.25) is 0 Å². The van der Waals surface area contributed by atoms with Gasteiger partial charge in [-0.1, -0.05) is 0 Å². The van der Waals surface area contributed by atoms with E-state index in [4.69, 9.17) is 9.47 Å². The molecule has 0 saturated carbocycles. The first-order valence-electron chi connectivity index (χ1n) is 6.19. The van der Waals surface area contributed by atoms with E-state index in [0.29, 0.717) is 19.8 Å². The number of carbonyl (C=O) groups excluding carboxylic acids is 1. The van der Waals surface area contributed by atoms with E-state index in [1.165, 1.54) is 0 Å². The van der Waals surface area contributed by atoms with Crippen molar-refractivity contribution in [1.82, 2.24) is 4.90 Å². The van der Waals surface area contributed by atoms with Gasteiger partial charge in [0.05, 0.1) is 23.0 Å². The van der Waals surface area contributed by atoms with Crippen LogP contribution >= 0.6 is 27.3 Å². The first kappa shape index (κ1) is 14.8. The number of ether oxygens (including phenoxy) is 2. The van der Waals surface area contributed by atoms with Crippen LogP contribution in [0.15, 0.2) is 15.9 Å². The minimum absolute atomic E-state index is 0.0556. The minimum Gasteiger partial charge on any atom is -0.444 e. The van der Waals surface area contributed by atoms with Gasteiger partial charge in [-0.3, -0.25) is 4.90 Å². The maximum absolute atomic E-state index is 12.2. The minimum atomic E-state index is -0.476. The van der Waals surface area contributed by atoms with E-state index < -0.39 is 5.60 Å². The van der Waals surface area contributed by atoms with Crippen molar-refractivity contribution in [1.29, 1.82) is 0 Å². The quantitative estimate of drug-likeness (QED) is 0.775. The zero-order valence-electron chi connectivity index (χ0n) is 11.3. The Morgan fingerprint density at radius 2 is 2.26 bits per heavy atom. The molecule has 0 aromatic carbocycles. The van der Waals surface area contributed by atoms with Crippen LogP contribution in [0.2, 0.25) is 0 Å². The van der Waals surface area contributed by atoms with E-state index in [-0.39, 0.29) is 12.1 Å². The predicted octanol–water partition coefficient (Wildman–Crippen LogP) is 3.82. The number of rotatable bonds is 1. The Bertz CT molecular complexity index is 455. The Labute approximate surface area is 125 Å². The second-order valence-corrected chi connectivity index (χ2v) is 7.90. The number of hydrogen-bond acceptors (Lipinski definition) is 4. The van der Waals surface area contributed by atoms with E-state index in [9.17, 15) is 4.79 Å². The topological polar surface area (TPSA) is 38.8 Å². The van der Waals surface area contributed by atoms with Crippen LogP contribution in [0.1, 0.15) is 31.7 Å². The third-order valence-electron chi connectivity index (χ3n) is 2.68. The van der Waals surface area contributed by atoms with Gasteiger partial charge in [-0.15, -0.1) is 11.3 Å². The highest BCUT2D eigenvalue weighted by molar-refractivity contribution is 9.11. The van der Waals surface area contributed by atoms with Crippen LogP contribution in [0.3, 0.4) is 0 Å². The summed E-state index contributed by atoms with van der Waals surface area (Å²) in [6.45, 7) is 7.27. The summed E-state index contributed by atoms with van der Waals surface area (Å²) in [5.41, 5.74) is -0.476. The molecule has 1 aliphatic rings. The van der Waals surface area contributed by atoms with Crippen molar-refractivity contribution < 1.29 is 14.3 Å². The van der Waals surface area contributed by atoms with Gasteiger partial charge in [-0.05, 0) is 48.8 Å². The molecule has 19 heavy (non-hydrogen) atoms. The third kappa shape index (κ3) is 3.94. The lowest BCUT2D eigenvalue weighted by Gasteiger charge is -2.36. The van der Waals surface area contributed by atoms with Crippen molar-refractivity contribution in [2.45, 2.75) is 32.4 Å².